The van der Waals surface area contributed by atoms with Crippen molar-refractivity contribution >= 4 is 41.8 Å². The number of fused-ring (bicyclic) bond motifs is 1. The van der Waals surface area contributed by atoms with Gasteiger partial charge in [0.2, 0.25) is 11.8 Å². The van der Waals surface area contributed by atoms with Crippen LogP contribution in [0.3, 0.4) is 0 Å². The number of amides is 4. The molecule has 0 aliphatic carbocycles. The highest BCUT2D eigenvalue weighted by atomic mass is 31.2. The van der Waals surface area contributed by atoms with Crippen molar-refractivity contribution in [2.24, 2.45) is 0 Å². The fourth-order valence-corrected chi connectivity index (χ4v) is 7.36. The molecule has 44 heavy (non-hydrogen) atoms. The van der Waals surface area contributed by atoms with E-state index in [9.17, 15) is 23.7 Å². The Morgan fingerprint density at radius 2 is 1.73 bits per heavy atom. The largest absolute Gasteiger partial charge is 0.322 e. The number of hydrogen-bond acceptors (Lipinski definition) is 6. The van der Waals surface area contributed by atoms with E-state index >= 15 is 0 Å². The van der Waals surface area contributed by atoms with Crippen LogP contribution in [0.25, 0.3) is 0 Å². The van der Waals surface area contributed by atoms with Crippen LogP contribution in [0.15, 0.2) is 66.7 Å². The summed E-state index contributed by atoms with van der Waals surface area (Å²) in [5.74, 6) is -0.640. The summed E-state index contributed by atoms with van der Waals surface area (Å²) in [6, 6.07) is 20.3. The van der Waals surface area contributed by atoms with E-state index < -0.39 is 19.1 Å². The van der Waals surface area contributed by atoms with Gasteiger partial charge in [0.1, 0.15) is 13.2 Å². The van der Waals surface area contributed by atoms with Gasteiger partial charge in [-0.25, -0.2) is 0 Å². The van der Waals surface area contributed by atoms with Crippen LogP contribution < -0.4 is 15.9 Å². The summed E-state index contributed by atoms with van der Waals surface area (Å²) in [6.07, 6.45) is 2.58. The third kappa shape index (κ3) is 6.40. The highest BCUT2D eigenvalue weighted by molar-refractivity contribution is 7.70. The van der Waals surface area contributed by atoms with Gasteiger partial charge in [0.05, 0.1) is 0 Å². The zero-order chi connectivity index (χ0) is 31.0. The lowest BCUT2D eigenvalue weighted by atomic mass is 9.87. The molecule has 0 aromatic heterocycles. The normalized spacial score (nSPS) is 19.5. The summed E-state index contributed by atoms with van der Waals surface area (Å²) in [6.45, 7) is 6.40. The standard InChI is InChI=1S/C34H37N4O5P/c1-44(2,43)28-8-4-7-27(19-28)35-32(40)25-6-3-5-22(17-25)20-37-15-13-23(14-16-37)24-9-10-29-26(18-24)21-38(34(29)42)30-11-12-31(39)36-33(30)41/h3-10,17-19,23,30H,11-16,20-21H2,1-2H3,(H,35,40)(H,36,39,41). The molecule has 1 atom stereocenters. The van der Waals surface area contributed by atoms with Crippen LogP contribution in [0.1, 0.15) is 69.0 Å². The maximum Gasteiger partial charge on any atom is 0.255 e. The van der Waals surface area contributed by atoms with Gasteiger partial charge in [0.25, 0.3) is 11.8 Å². The molecule has 2 fully saturated rings. The van der Waals surface area contributed by atoms with Crippen LogP contribution in [-0.2, 0) is 27.2 Å². The monoisotopic (exact) mass is 612 g/mol. The van der Waals surface area contributed by atoms with E-state index in [-0.39, 0.29) is 24.1 Å². The van der Waals surface area contributed by atoms with Crippen molar-refractivity contribution in [1.82, 2.24) is 15.1 Å². The minimum absolute atomic E-state index is 0.145. The Kier molecular flexibility index (Phi) is 8.27. The van der Waals surface area contributed by atoms with Gasteiger partial charge in [-0.3, -0.25) is 29.4 Å². The molecule has 10 heteroatoms. The second-order valence-electron chi connectivity index (χ2n) is 12.4. The number of anilines is 1. The van der Waals surface area contributed by atoms with Gasteiger partial charge in [0.15, 0.2) is 0 Å². The lowest BCUT2D eigenvalue weighted by Crippen LogP contribution is -2.52. The SMILES string of the molecule is CP(C)(=O)c1cccc(NC(=O)c2cccc(CN3CCC(c4ccc5c(c4)CN(C4CCC(=O)NC4=O)C5=O)CC3)c2)c1. The molecule has 2 saturated heterocycles. The average Bonchev–Trinajstić information content (AvgIpc) is 3.32. The van der Waals surface area contributed by atoms with Crippen molar-refractivity contribution in [3.05, 3.63) is 94.5 Å². The maximum atomic E-state index is 13.1. The number of imide groups is 1. The first kappa shape index (κ1) is 30.0. The van der Waals surface area contributed by atoms with Crippen molar-refractivity contribution in [3.8, 4) is 0 Å². The summed E-state index contributed by atoms with van der Waals surface area (Å²) < 4.78 is 12.4. The van der Waals surface area contributed by atoms with E-state index in [4.69, 9.17) is 0 Å². The third-order valence-electron chi connectivity index (χ3n) is 8.93. The van der Waals surface area contributed by atoms with Gasteiger partial charge >= 0.3 is 0 Å². The molecule has 0 spiro atoms. The second kappa shape index (κ2) is 12.1. The van der Waals surface area contributed by atoms with Gasteiger partial charge in [0, 0.05) is 41.6 Å². The molecule has 0 radical (unpaired) electrons. The number of nitrogens with one attached hydrogen (secondary N) is 2. The van der Waals surface area contributed by atoms with Crippen molar-refractivity contribution < 1.29 is 23.7 Å². The number of likely N-dealkylation sites (tertiary alicyclic amines) is 1. The smallest absolute Gasteiger partial charge is 0.255 e. The second-order valence-corrected chi connectivity index (χ2v) is 15.6. The Hall–Kier alpha value is -4.07. The highest BCUT2D eigenvalue weighted by Gasteiger charge is 2.39. The summed E-state index contributed by atoms with van der Waals surface area (Å²) >= 11 is 0. The number of nitrogens with zero attached hydrogens (tertiary/aromatic N) is 2. The van der Waals surface area contributed by atoms with E-state index in [0.29, 0.717) is 35.7 Å². The number of carbonyl (C=O) groups excluding carboxylic acids is 4. The molecule has 6 rings (SSSR count). The third-order valence-corrected chi connectivity index (χ3v) is 10.4. The average molecular weight is 613 g/mol. The van der Waals surface area contributed by atoms with E-state index in [1.165, 1.54) is 5.56 Å². The van der Waals surface area contributed by atoms with Crippen LogP contribution >= 0.6 is 7.14 Å². The maximum absolute atomic E-state index is 13.1. The van der Waals surface area contributed by atoms with Gasteiger partial charge < -0.3 is 14.8 Å². The predicted octanol–water partition coefficient (Wildman–Crippen LogP) is 4.33. The molecule has 3 aliphatic rings. The van der Waals surface area contributed by atoms with Gasteiger partial charge in [-0.15, -0.1) is 0 Å². The topological polar surface area (TPSA) is 116 Å². The van der Waals surface area contributed by atoms with Crippen LogP contribution in [-0.4, -0.2) is 65.9 Å². The number of hydrogen-bond donors (Lipinski definition) is 2. The van der Waals surface area contributed by atoms with E-state index in [1.54, 1.807) is 36.4 Å². The van der Waals surface area contributed by atoms with E-state index in [0.717, 1.165) is 48.9 Å². The molecule has 228 valence electrons. The summed E-state index contributed by atoms with van der Waals surface area (Å²) in [5, 5.41) is 6.03. The van der Waals surface area contributed by atoms with Crippen LogP contribution in [0.2, 0.25) is 0 Å². The molecule has 0 saturated carbocycles. The summed E-state index contributed by atoms with van der Waals surface area (Å²) in [7, 11) is -2.43. The Labute approximate surface area is 257 Å². The number of benzene rings is 3. The molecular weight excluding hydrogens is 575 g/mol. The first-order chi connectivity index (χ1) is 21.0. The first-order valence-corrected chi connectivity index (χ1v) is 17.7. The minimum Gasteiger partial charge on any atom is -0.322 e. The van der Waals surface area contributed by atoms with Crippen molar-refractivity contribution in [1.29, 1.82) is 0 Å². The van der Waals surface area contributed by atoms with E-state index in [1.807, 2.05) is 42.5 Å². The number of piperidine rings is 2. The minimum atomic E-state index is -2.43. The Morgan fingerprint density at radius 1 is 0.955 bits per heavy atom. The van der Waals surface area contributed by atoms with Gasteiger partial charge in [-0.1, -0.05) is 36.4 Å². The lowest BCUT2D eigenvalue weighted by Gasteiger charge is -2.32. The number of rotatable bonds is 7. The number of carbonyl (C=O) groups is 4. The molecule has 3 aliphatic heterocycles. The molecule has 3 heterocycles. The van der Waals surface area contributed by atoms with Crippen molar-refractivity contribution in [3.63, 3.8) is 0 Å². The summed E-state index contributed by atoms with van der Waals surface area (Å²) in [5.41, 5.74) is 5.08. The van der Waals surface area contributed by atoms with E-state index in [2.05, 4.69) is 21.6 Å². The molecule has 1 unspecified atom stereocenters. The zero-order valence-corrected chi connectivity index (χ0v) is 25.9. The van der Waals surface area contributed by atoms with Gasteiger partial charge in [-0.05, 0) is 98.6 Å². The first-order valence-electron chi connectivity index (χ1n) is 15.1. The Bertz CT molecular complexity index is 1690. The quantitative estimate of drug-likeness (QED) is 0.303. The lowest BCUT2D eigenvalue weighted by molar-refractivity contribution is -0.136. The Balaban J connectivity index is 1.04. The molecule has 2 N–H and O–H groups in total. The van der Waals surface area contributed by atoms with Crippen LogP contribution in [0, 0.1) is 0 Å². The predicted molar refractivity (Wildman–Crippen MR) is 170 cm³/mol. The molecule has 3 aromatic rings. The zero-order valence-electron chi connectivity index (χ0n) is 25.0. The van der Waals surface area contributed by atoms with Crippen molar-refractivity contribution in [2.45, 2.75) is 50.7 Å². The summed E-state index contributed by atoms with van der Waals surface area (Å²) in [4.78, 5) is 54.0. The Morgan fingerprint density at radius 3 is 2.48 bits per heavy atom. The molecule has 3 aromatic carbocycles. The molecule has 9 nitrogen and oxygen atoms in total. The molecule has 4 amide bonds. The van der Waals surface area contributed by atoms with Crippen LogP contribution in [0.4, 0.5) is 5.69 Å². The van der Waals surface area contributed by atoms with Crippen LogP contribution in [0.5, 0.6) is 0 Å². The fraction of sp³-hybridized carbons (Fsp3) is 0.353. The van der Waals surface area contributed by atoms with Crippen molar-refractivity contribution in [2.75, 3.05) is 31.7 Å². The highest BCUT2D eigenvalue weighted by Crippen LogP contribution is 2.36. The molecular formula is C34H37N4O5P. The fourth-order valence-electron chi connectivity index (χ4n) is 6.46. The van der Waals surface area contributed by atoms with Gasteiger partial charge in [-0.2, -0.15) is 0 Å². The molecule has 0 bridgehead atoms.